The number of nitriles is 1. The van der Waals surface area contributed by atoms with E-state index in [0.29, 0.717) is 33.5 Å². The van der Waals surface area contributed by atoms with E-state index in [1.807, 2.05) is 6.07 Å². The van der Waals surface area contributed by atoms with Gasteiger partial charge in [-0.1, -0.05) is 35.3 Å². The van der Waals surface area contributed by atoms with Crippen molar-refractivity contribution in [2.24, 2.45) is 0 Å². The Morgan fingerprint density at radius 2 is 2.06 bits per heavy atom. The van der Waals surface area contributed by atoms with Crippen molar-refractivity contribution in [2.45, 2.75) is 6.42 Å². The largest absolute Gasteiger partial charge is 0.480 e. The topological polar surface area (TPSA) is 88.4 Å². The smallest absolute Gasteiger partial charge is 0.343 e. The molecule has 0 aliphatic rings. The Labute approximate surface area is 198 Å². The van der Waals surface area contributed by atoms with Gasteiger partial charge in [0.2, 0.25) is 0 Å². The van der Waals surface area contributed by atoms with Gasteiger partial charge in [0.25, 0.3) is 5.91 Å². The van der Waals surface area contributed by atoms with Gasteiger partial charge in [-0.3, -0.25) is 4.79 Å². The quantitative estimate of drug-likeness (QED) is 0.211. The highest BCUT2D eigenvalue weighted by molar-refractivity contribution is 9.10. The molecule has 2 aromatic rings. The highest BCUT2D eigenvalue weighted by atomic mass is 79.9. The first-order chi connectivity index (χ1) is 14.8. The number of carbonyl (C=O) groups is 2. The van der Waals surface area contributed by atoms with Gasteiger partial charge < -0.3 is 14.8 Å². The molecule has 6 nitrogen and oxygen atoms in total. The van der Waals surface area contributed by atoms with E-state index >= 15 is 0 Å². The van der Waals surface area contributed by atoms with Gasteiger partial charge in [-0.25, -0.2) is 4.79 Å². The molecule has 160 valence electrons. The maximum Gasteiger partial charge on any atom is 0.343 e. The van der Waals surface area contributed by atoms with E-state index in [4.69, 9.17) is 27.9 Å². The summed E-state index contributed by atoms with van der Waals surface area (Å²) in [6.45, 7) is 3.45. The first-order valence-electron chi connectivity index (χ1n) is 8.80. The van der Waals surface area contributed by atoms with Crippen LogP contribution in [0.3, 0.4) is 0 Å². The van der Waals surface area contributed by atoms with Crippen molar-refractivity contribution in [1.29, 1.82) is 5.26 Å². The summed E-state index contributed by atoms with van der Waals surface area (Å²) < 4.78 is 10.7. The zero-order valence-electron chi connectivity index (χ0n) is 16.4. The minimum Gasteiger partial charge on any atom is -0.480 e. The summed E-state index contributed by atoms with van der Waals surface area (Å²) in [7, 11) is 1.27. The molecule has 9 heteroatoms. The third kappa shape index (κ3) is 6.59. The van der Waals surface area contributed by atoms with Crippen LogP contribution in [0.4, 0.5) is 5.69 Å². The van der Waals surface area contributed by atoms with Gasteiger partial charge in [0.1, 0.15) is 17.4 Å². The molecule has 0 aliphatic heterocycles. The molecule has 1 N–H and O–H groups in total. The Bertz CT molecular complexity index is 1090. The van der Waals surface area contributed by atoms with E-state index in [9.17, 15) is 14.9 Å². The number of benzene rings is 2. The number of hydrogen-bond acceptors (Lipinski definition) is 5. The van der Waals surface area contributed by atoms with Gasteiger partial charge in [-0.15, -0.1) is 6.58 Å². The molecule has 0 unspecified atom stereocenters. The highest BCUT2D eigenvalue weighted by Gasteiger charge is 2.15. The number of anilines is 1. The molecule has 0 spiro atoms. The van der Waals surface area contributed by atoms with E-state index in [1.165, 1.54) is 13.2 Å². The Morgan fingerprint density at radius 1 is 1.32 bits per heavy atom. The molecule has 0 aliphatic carbocycles. The van der Waals surface area contributed by atoms with Crippen LogP contribution < -0.4 is 10.1 Å². The minimum atomic E-state index is -0.640. The van der Waals surface area contributed by atoms with Gasteiger partial charge in [0.15, 0.2) is 6.61 Å². The molecule has 0 atom stereocenters. The van der Waals surface area contributed by atoms with Crippen LogP contribution in [0.5, 0.6) is 5.75 Å². The van der Waals surface area contributed by atoms with E-state index in [-0.39, 0.29) is 22.2 Å². The molecule has 0 fully saturated rings. The van der Waals surface area contributed by atoms with E-state index < -0.39 is 11.9 Å². The van der Waals surface area contributed by atoms with Crippen LogP contribution >= 0.6 is 39.1 Å². The Balaban J connectivity index is 2.35. The number of ether oxygens (including phenoxy) is 2. The molecule has 1 amide bonds. The van der Waals surface area contributed by atoms with Gasteiger partial charge >= 0.3 is 5.97 Å². The average Bonchev–Trinajstić information content (AvgIpc) is 2.74. The molecule has 2 rings (SSSR count). The summed E-state index contributed by atoms with van der Waals surface area (Å²) in [4.78, 5) is 24.0. The summed E-state index contributed by atoms with van der Waals surface area (Å²) in [5, 5.41) is 12.5. The number of rotatable bonds is 8. The summed E-state index contributed by atoms with van der Waals surface area (Å²) >= 11 is 15.5. The lowest BCUT2D eigenvalue weighted by Gasteiger charge is -2.13. The maximum atomic E-state index is 12.6. The monoisotopic (exact) mass is 522 g/mol. The number of methoxy groups -OCH3 is 1. The van der Waals surface area contributed by atoms with Crippen LogP contribution in [0, 0.1) is 11.3 Å². The molecule has 0 aromatic heterocycles. The predicted molar refractivity (Wildman–Crippen MR) is 124 cm³/mol. The first-order valence-corrected chi connectivity index (χ1v) is 10.4. The average molecular weight is 524 g/mol. The molecular weight excluding hydrogens is 507 g/mol. The van der Waals surface area contributed by atoms with Crippen LogP contribution in [0.25, 0.3) is 6.08 Å². The van der Waals surface area contributed by atoms with Gasteiger partial charge in [-0.05, 0) is 63.8 Å². The van der Waals surface area contributed by atoms with Crippen molar-refractivity contribution in [3.63, 3.8) is 0 Å². The summed E-state index contributed by atoms with van der Waals surface area (Å²) in [5.74, 6) is -0.723. The second-order valence-electron chi connectivity index (χ2n) is 6.07. The van der Waals surface area contributed by atoms with Crippen LogP contribution in [0.15, 0.2) is 53.0 Å². The van der Waals surface area contributed by atoms with Crippen LogP contribution in [0.1, 0.15) is 11.1 Å². The van der Waals surface area contributed by atoms with Crippen molar-refractivity contribution in [1.82, 2.24) is 0 Å². The molecule has 0 bridgehead atoms. The van der Waals surface area contributed by atoms with Crippen molar-refractivity contribution in [2.75, 3.05) is 19.0 Å². The Hall–Kier alpha value is -2.79. The lowest BCUT2D eigenvalue weighted by molar-refractivity contribution is -0.142. The van der Waals surface area contributed by atoms with Gasteiger partial charge in [0, 0.05) is 0 Å². The summed E-state index contributed by atoms with van der Waals surface area (Å²) in [6.07, 6.45) is 3.53. The lowest BCUT2D eigenvalue weighted by atomic mass is 10.0. The fourth-order valence-electron chi connectivity index (χ4n) is 2.52. The van der Waals surface area contributed by atoms with Crippen molar-refractivity contribution in [3.8, 4) is 11.8 Å². The van der Waals surface area contributed by atoms with Crippen molar-refractivity contribution in [3.05, 3.63) is 74.2 Å². The van der Waals surface area contributed by atoms with E-state index in [1.54, 1.807) is 36.4 Å². The number of allylic oxidation sites excluding steroid dienone is 1. The van der Waals surface area contributed by atoms with Crippen LogP contribution in [0.2, 0.25) is 10.0 Å². The second-order valence-corrected chi connectivity index (χ2v) is 7.71. The molecular formula is C22H17BrCl2N2O4. The zero-order valence-corrected chi connectivity index (χ0v) is 19.5. The normalized spacial score (nSPS) is 10.7. The Kier molecular flexibility index (Phi) is 9.13. The fourth-order valence-corrected chi connectivity index (χ4v) is 3.50. The minimum absolute atomic E-state index is 0.143. The zero-order chi connectivity index (χ0) is 23.0. The predicted octanol–water partition coefficient (Wildman–Crippen LogP) is 5.58. The fraction of sp³-hybridized carbons (Fsp3) is 0.136. The number of nitrogens with zero attached hydrogens (tertiary/aromatic N) is 1. The van der Waals surface area contributed by atoms with Crippen LogP contribution in [-0.2, 0) is 20.7 Å². The van der Waals surface area contributed by atoms with Crippen molar-refractivity contribution >= 4 is 62.8 Å². The number of amides is 1. The molecule has 0 heterocycles. The lowest BCUT2D eigenvalue weighted by Crippen LogP contribution is -2.14. The number of esters is 1. The van der Waals surface area contributed by atoms with Gasteiger partial charge in [0.05, 0.1) is 27.3 Å². The van der Waals surface area contributed by atoms with Gasteiger partial charge in [-0.2, -0.15) is 5.26 Å². The number of nitrogens with one attached hydrogen (secondary N) is 1. The number of hydrogen-bond donors (Lipinski definition) is 1. The first kappa shape index (κ1) is 24.5. The summed E-state index contributed by atoms with van der Waals surface area (Å²) in [5.41, 5.74) is 1.42. The van der Waals surface area contributed by atoms with Crippen molar-refractivity contribution < 1.29 is 19.1 Å². The third-order valence-electron chi connectivity index (χ3n) is 3.95. The maximum absolute atomic E-state index is 12.6. The van der Waals surface area contributed by atoms with E-state index in [2.05, 4.69) is 32.6 Å². The molecule has 0 saturated heterocycles. The number of carbonyl (C=O) groups excluding carboxylic acids is 2. The van der Waals surface area contributed by atoms with Crippen LogP contribution in [-0.4, -0.2) is 25.6 Å². The second kappa shape index (κ2) is 11.6. The molecule has 31 heavy (non-hydrogen) atoms. The SMILES string of the molecule is C=CCc1cc(/C=C(/C#N)C(=O)Nc2cccc(Cl)c2Cl)cc(Br)c1OCC(=O)OC. The van der Waals surface area contributed by atoms with E-state index in [0.717, 1.165) is 0 Å². The standard InChI is InChI=1S/C22H17BrCl2N2O4/c1-3-5-14-8-13(10-16(23)21(14)31-12-19(28)30-2)9-15(11-26)22(29)27-18-7-4-6-17(24)20(18)25/h3-4,6-10H,1,5,12H2,2H3,(H,27,29)/b15-9-. The Morgan fingerprint density at radius 3 is 2.71 bits per heavy atom. The molecule has 2 aromatic carbocycles. The molecule has 0 radical (unpaired) electrons. The third-order valence-corrected chi connectivity index (χ3v) is 5.35. The molecule has 0 saturated carbocycles. The highest BCUT2D eigenvalue weighted by Crippen LogP contribution is 2.33. The summed E-state index contributed by atoms with van der Waals surface area (Å²) in [6, 6.07) is 10.1. The number of halogens is 3.